The van der Waals surface area contributed by atoms with Crippen LogP contribution in [0.3, 0.4) is 0 Å². The first-order valence-electron chi connectivity index (χ1n) is 10.5. The summed E-state index contributed by atoms with van der Waals surface area (Å²) in [5, 5.41) is 12.2. The minimum absolute atomic E-state index is 0.0155. The molecule has 1 aliphatic heterocycles. The van der Waals surface area contributed by atoms with Crippen molar-refractivity contribution in [3.8, 4) is 17.3 Å². The number of benzene rings is 1. The minimum atomic E-state index is -0.689. The van der Waals surface area contributed by atoms with Gasteiger partial charge in [0.05, 0.1) is 41.4 Å². The molecule has 2 atom stereocenters. The molecule has 32 heavy (non-hydrogen) atoms. The standard InChI is InChI=1S/C24H24F2N6/c1-15-8-17(28)14-32(13-15)23-6-7-29-12-22(23)30-11-18-3-5-20(25)24(31-18)19-4-2-16(10-27)9-21(19)26/h2-7,9,12,15,17,30H,8,11,13-14,28H2,1H3/t15-,17?/m1/s1. The normalized spacial score (nSPS) is 18.3. The van der Waals surface area contributed by atoms with E-state index in [2.05, 4.69) is 27.1 Å². The van der Waals surface area contributed by atoms with Gasteiger partial charge in [-0.3, -0.25) is 4.98 Å². The van der Waals surface area contributed by atoms with Crippen molar-refractivity contribution in [2.24, 2.45) is 11.7 Å². The Morgan fingerprint density at radius 2 is 2.03 bits per heavy atom. The topological polar surface area (TPSA) is 90.9 Å². The van der Waals surface area contributed by atoms with Crippen LogP contribution in [0, 0.1) is 28.9 Å². The Balaban J connectivity index is 1.56. The smallest absolute Gasteiger partial charge is 0.149 e. The number of pyridine rings is 2. The molecule has 1 aliphatic rings. The van der Waals surface area contributed by atoms with Crippen LogP contribution in [0.1, 0.15) is 24.6 Å². The highest BCUT2D eigenvalue weighted by molar-refractivity contribution is 5.69. The number of piperidine rings is 1. The molecule has 3 heterocycles. The Labute approximate surface area is 185 Å². The molecule has 6 nitrogen and oxygen atoms in total. The van der Waals surface area contributed by atoms with Crippen LogP contribution in [-0.2, 0) is 6.54 Å². The van der Waals surface area contributed by atoms with E-state index in [0.717, 1.165) is 37.0 Å². The average molecular weight is 434 g/mol. The summed E-state index contributed by atoms with van der Waals surface area (Å²) in [6, 6.07) is 10.6. The molecule has 4 rings (SSSR count). The van der Waals surface area contributed by atoms with Gasteiger partial charge in [0.2, 0.25) is 0 Å². The van der Waals surface area contributed by atoms with Crippen LogP contribution >= 0.6 is 0 Å². The molecular weight excluding hydrogens is 410 g/mol. The summed E-state index contributed by atoms with van der Waals surface area (Å²) < 4.78 is 28.8. The Bertz CT molecular complexity index is 1150. The van der Waals surface area contributed by atoms with E-state index in [1.165, 1.54) is 18.2 Å². The molecule has 0 aliphatic carbocycles. The zero-order valence-electron chi connectivity index (χ0n) is 17.7. The lowest BCUT2D eigenvalue weighted by Gasteiger charge is -2.37. The third-order valence-electron chi connectivity index (χ3n) is 5.55. The van der Waals surface area contributed by atoms with E-state index in [9.17, 15) is 8.78 Å². The molecule has 2 aromatic heterocycles. The van der Waals surface area contributed by atoms with Crippen molar-refractivity contribution in [2.45, 2.75) is 25.9 Å². The van der Waals surface area contributed by atoms with Crippen LogP contribution in [-0.4, -0.2) is 29.1 Å². The Morgan fingerprint density at radius 3 is 2.78 bits per heavy atom. The number of nitrogens with zero attached hydrogens (tertiary/aromatic N) is 4. The summed E-state index contributed by atoms with van der Waals surface area (Å²) in [6.07, 6.45) is 4.48. The molecule has 164 valence electrons. The Kier molecular flexibility index (Phi) is 6.28. The summed E-state index contributed by atoms with van der Waals surface area (Å²) in [5.74, 6) is -0.829. The van der Waals surface area contributed by atoms with Gasteiger partial charge in [-0.2, -0.15) is 5.26 Å². The molecule has 0 amide bonds. The summed E-state index contributed by atoms with van der Waals surface area (Å²) >= 11 is 0. The second-order valence-electron chi connectivity index (χ2n) is 8.19. The fourth-order valence-corrected chi connectivity index (χ4v) is 4.13. The minimum Gasteiger partial charge on any atom is -0.376 e. The van der Waals surface area contributed by atoms with Gasteiger partial charge in [0.1, 0.15) is 17.3 Å². The van der Waals surface area contributed by atoms with E-state index >= 15 is 0 Å². The molecule has 1 unspecified atom stereocenters. The highest BCUT2D eigenvalue weighted by Crippen LogP contribution is 2.30. The molecule has 1 aromatic carbocycles. The molecule has 3 aromatic rings. The molecular formula is C24H24F2N6. The highest BCUT2D eigenvalue weighted by atomic mass is 19.1. The number of hydrogen-bond acceptors (Lipinski definition) is 6. The molecule has 8 heteroatoms. The number of nitrogens with two attached hydrogens (primary N) is 1. The van der Waals surface area contributed by atoms with E-state index < -0.39 is 11.6 Å². The first-order valence-corrected chi connectivity index (χ1v) is 10.5. The van der Waals surface area contributed by atoms with Gasteiger partial charge in [-0.25, -0.2) is 13.8 Å². The second kappa shape index (κ2) is 9.28. The van der Waals surface area contributed by atoms with E-state index in [-0.39, 0.29) is 22.9 Å². The quantitative estimate of drug-likeness (QED) is 0.629. The largest absolute Gasteiger partial charge is 0.376 e. The lowest BCUT2D eigenvalue weighted by Crippen LogP contribution is -2.46. The first-order chi connectivity index (χ1) is 15.4. The summed E-state index contributed by atoms with van der Waals surface area (Å²) in [5.41, 5.74) is 8.68. The van der Waals surface area contributed by atoms with Crippen molar-refractivity contribution in [2.75, 3.05) is 23.3 Å². The van der Waals surface area contributed by atoms with Crippen LogP contribution in [0.2, 0.25) is 0 Å². The lowest BCUT2D eigenvalue weighted by atomic mass is 9.96. The fraction of sp³-hybridized carbons (Fsp3) is 0.292. The average Bonchev–Trinajstić information content (AvgIpc) is 2.78. The van der Waals surface area contributed by atoms with Crippen LogP contribution in [0.5, 0.6) is 0 Å². The van der Waals surface area contributed by atoms with Gasteiger partial charge in [-0.05, 0) is 48.7 Å². The van der Waals surface area contributed by atoms with E-state index in [0.29, 0.717) is 18.2 Å². The monoisotopic (exact) mass is 434 g/mol. The van der Waals surface area contributed by atoms with Crippen LogP contribution in [0.4, 0.5) is 20.2 Å². The van der Waals surface area contributed by atoms with Crippen LogP contribution in [0.15, 0.2) is 48.8 Å². The van der Waals surface area contributed by atoms with E-state index in [4.69, 9.17) is 11.0 Å². The molecule has 0 spiro atoms. The maximum atomic E-state index is 14.4. The molecule has 0 bridgehead atoms. The van der Waals surface area contributed by atoms with E-state index in [1.807, 2.05) is 12.1 Å². The number of anilines is 2. The summed E-state index contributed by atoms with van der Waals surface area (Å²) in [6.45, 7) is 4.16. The van der Waals surface area contributed by atoms with E-state index in [1.54, 1.807) is 18.5 Å². The van der Waals surface area contributed by atoms with Gasteiger partial charge in [0.25, 0.3) is 0 Å². The summed E-state index contributed by atoms with van der Waals surface area (Å²) in [7, 11) is 0. The van der Waals surface area contributed by atoms with Gasteiger partial charge < -0.3 is 16.0 Å². The molecule has 3 N–H and O–H groups in total. The van der Waals surface area contributed by atoms with Gasteiger partial charge >= 0.3 is 0 Å². The van der Waals surface area contributed by atoms with Crippen LogP contribution in [0.25, 0.3) is 11.3 Å². The maximum absolute atomic E-state index is 14.4. The number of rotatable bonds is 5. The van der Waals surface area contributed by atoms with Crippen molar-refractivity contribution >= 4 is 11.4 Å². The first kappa shape index (κ1) is 21.7. The molecule has 1 fully saturated rings. The fourth-order valence-electron chi connectivity index (χ4n) is 4.13. The Hall–Kier alpha value is -3.57. The number of aromatic nitrogens is 2. The van der Waals surface area contributed by atoms with Gasteiger partial charge in [0, 0.05) is 30.9 Å². The second-order valence-corrected chi connectivity index (χ2v) is 8.19. The van der Waals surface area contributed by atoms with Gasteiger partial charge in [-0.1, -0.05) is 6.92 Å². The predicted octanol–water partition coefficient (Wildman–Crippen LogP) is 4.08. The zero-order valence-corrected chi connectivity index (χ0v) is 17.7. The maximum Gasteiger partial charge on any atom is 0.149 e. The van der Waals surface area contributed by atoms with Gasteiger partial charge in [0.15, 0.2) is 0 Å². The van der Waals surface area contributed by atoms with Crippen molar-refractivity contribution in [1.82, 2.24) is 9.97 Å². The number of nitrogens with one attached hydrogen (secondary N) is 1. The SMILES string of the molecule is C[C@@H]1CC(N)CN(c2ccncc2NCc2ccc(F)c(-c3ccc(C#N)cc3F)n2)C1. The predicted molar refractivity (Wildman–Crippen MR) is 120 cm³/mol. The van der Waals surface area contributed by atoms with Crippen LogP contribution < -0.4 is 16.0 Å². The van der Waals surface area contributed by atoms with Crippen molar-refractivity contribution in [3.63, 3.8) is 0 Å². The van der Waals surface area contributed by atoms with Crippen molar-refractivity contribution in [3.05, 3.63) is 71.7 Å². The van der Waals surface area contributed by atoms with Gasteiger partial charge in [-0.15, -0.1) is 0 Å². The van der Waals surface area contributed by atoms with Crippen molar-refractivity contribution in [1.29, 1.82) is 5.26 Å². The third kappa shape index (κ3) is 4.68. The lowest BCUT2D eigenvalue weighted by molar-refractivity contribution is 0.402. The number of hydrogen-bond donors (Lipinski definition) is 2. The third-order valence-corrected chi connectivity index (χ3v) is 5.55. The molecule has 0 radical (unpaired) electrons. The Morgan fingerprint density at radius 1 is 1.19 bits per heavy atom. The number of halogens is 2. The zero-order chi connectivity index (χ0) is 22.7. The molecule has 0 saturated carbocycles. The summed E-state index contributed by atoms with van der Waals surface area (Å²) in [4.78, 5) is 10.8. The highest BCUT2D eigenvalue weighted by Gasteiger charge is 2.24. The number of nitriles is 1. The van der Waals surface area contributed by atoms with Crippen molar-refractivity contribution < 1.29 is 8.78 Å². The molecule has 1 saturated heterocycles.